The molecule has 4 fully saturated rings. The van der Waals surface area contributed by atoms with Crippen molar-refractivity contribution in [1.29, 1.82) is 0 Å². The van der Waals surface area contributed by atoms with Gasteiger partial charge in [-0.3, -0.25) is 9.69 Å². The van der Waals surface area contributed by atoms with Crippen LogP contribution in [0.3, 0.4) is 0 Å². The number of amides is 3. The van der Waals surface area contributed by atoms with Crippen LogP contribution in [0.2, 0.25) is 0 Å². The predicted molar refractivity (Wildman–Crippen MR) is 99.3 cm³/mol. The Morgan fingerprint density at radius 1 is 1.10 bits per heavy atom. The van der Waals surface area contributed by atoms with E-state index in [0.717, 1.165) is 6.07 Å². The smallest absolute Gasteiger partial charge is 0.369 e. The molecule has 0 atom stereocenters. The minimum Gasteiger partial charge on any atom is -0.369 e. The molecule has 168 valence electrons. The van der Waals surface area contributed by atoms with E-state index in [1.54, 1.807) is 9.80 Å². The number of alkyl halides is 3. The van der Waals surface area contributed by atoms with E-state index in [1.165, 1.54) is 6.07 Å². The summed E-state index contributed by atoms with van der Waals surface area (Å²) in [7, 11) is 0. The van der Waals surface area contributed by atoms with Crippen LogP contribution in [0.5, 0.6) is 0 Å². The van der Waals surface area contributed by atoms with Gasteiger partial charge in [-0.25, -0.2) is 9.18 Å². The summed E-state index contributed by atoms with van der Waals surface area (Å²) in [4.78, 5) is 29.5. The number of benzene rings is 1. The molecular formula is C20H22F4N4O3. The molecule has 1 aromatic rings. The molecule has 0 aliphatic carbocycles. The summed E-state index contributed by atoms with van der Waals surface area (Å²) in [6.45, 7) is 4.11. The zero-order valence-electron chi connectivity index (χ0n) is 16.7. The van der Waals surface area contributed by atoms with Gasteiger partial charge in [-0.1, -0.05) is 6.07 Å². The second-order valence-electron chi connectivity index (χ2n) is 9.27. The van der Waals surface area contributed by atoms with Crippen molar-refractivity contribution in [3.8, 4) is 0 Å². The molecule has 4 aliphatic heterocycles. The fourth-order valence-electron chi connectivity index (χ4n) is 5.10. The van der Waals surface area contributed by atoms with E-state index in [-0.39, 0.29) is 36.1 Å². The Morgan fingerprint density at radius 2 is 1.77 bits per heavy atom. The minimum atomic E-state index is -4.56. The largest absolute Gasteiger partial charge is 0.416 e. The summed E-state index contributed by atoms with van der Waals surface area (Å²) in [6.07, 6.45) is -4.56. The Morgan fingerprint density at radius 3 is 2.39 bits per heavy atom. The van der Waals surface area contributed by atoms with Gasteiger partial charge >= 0.3 is 12.2 Å². The van der Waals surface area contributed by atoms with E-state index in [0.29, 0.717) is 51.9 Å². The molecule has 5 rings (SSSR count). The Bertz CT molecular complexity index is 917. The van der Waals surface area contributed by atoms with Crippen molar-refractivity contribution < 1.29 is 31.9 Å². The molecule has 11 heteroatoms. The third-order valence-electron chi connectivity index (χ3n) is 6.49. The van der Waals surface area contributed by atoms with Crippen LogP contribution in [-0.2, 0) is 22.3 Å². The predicted octanol–water partition coefficient (Wildman–Crippen LogP) is 1.28. The molecule has 4 aliphatic rings. The first-order valence-corrected chi connectivity index (χ1v) is 10.1. The summed E-state index contributed by atoms with van der Waals surface area (Å²) in [5.74, 6) is -1.02. The summed E-state index contributed by atoms with van der Waals surface area (Å²) in [5, 5.41) is 2.90. The lowest BCUT2D eigenvalue weighted by atomic mass is 9.72. The molecule has 0 unspecified atom stereocenters. The first-order chi connectivity index (χ1) is 14.6. The standard InChI is InChI=1S/C20H22F4N4O3/c21-15-3-14(20(22,23)24)2-1-13(15)4-26-6-18(7-26)8-27(9-18)17(30)28-10-19(11-28)12-31-5-16(29)25-19/h1-3H,4-12H2,(H,25,29). The van der Waals surface area contributed by atoms with E-state index < -0.39 is 23.1 Å². The maximum Gasteiger partial charge on any atom is 0.416 e. The lowest BCUT2D eigenvalue weighted by molar-refractivity contribution is -0.143. The van der Waals surface area contributed by atoms with Crippen LogP contribution in [0.15, 0.2) is 18.2 Å². The Kier molecular flexibility index (Phi) is 4.50. The number of carbonyl (C=O) groups is 2. The number of urea groups is 1. The molecule has 0 saturated carbocycles. The molecule has 2 spiro atoms. The molecule has 3 amide bonds. The van der Waals surface area contributed by atoms with Gasteiger partial charge in [0.25, 0.3) is 0 Å². The lowest BCUT2D eigenvalue weighted by Gasteiger charge is -2.62. The summed E-state index contributed by atoms with van der Waals surface area (Å²) < 4.78 is 57.3. The molecule has 1 N–H and O–H groups in total. The molecule has 0 radical (unpaired) electrons. The minimum absolute atomic E-state index is 0.0250. The number of halogens is 4. The fraction of sp³-hybridized carbons (Fsp3) is 0.600. The van der Waals surface area contributed by atoms with Crippen molar-refractivity contribution in [2.45, 2.75) is 18.3 Å². The third kappa shape index (κ3) is 3.63. The zero-order valence-corrected chi connectivity index (χ0v) is 16.7. The van der Waals surface area contributed by atoms with E-state index in [2.05, 4.69) is 5.32 Å². The highest BCUT2D eigenvalue weighted by Crippen LogP contribution is 2.41. The van der Waals surface area contributed by atoms with Gasteiger partial charge in [0.15, 0.2) is 0 Å². The van der Waals surface area contributed by atoms with E-state index >= 15 is 0 Å². The Hall–Kier alpha value is -2.40. The van der Waals surface area contributed by atoms with Gasteiger partial charge < -0.3 is 19.9 Å². The average Bonchev–Trinajstić information content (AvgIpc) is 2.60. The van der Waals surface area contributed by atoms with Gasteiger partial charge in [-0.05, 0) is 12.1 Å². The number of likely N-dealkylation sites (tertiary alicyclic amines) is 3. The number of ether oxygens (including phenoxy) is 1. The van der Waals surface area contributed by atoms with Crippen LogP contribution in [0, 0.1) is 11.2 Å². The number of hydrogen-bond acceptors (Lipinski definition) is 4. The van der Waals surface area contributed by atoms with Crippen molar-refractivity contribution in [3.05, 3.63) is 35.1 Å². The van der Waals surface area contributed by atoms with Crippen molar-refractivity contribution >= 4 is 11.9 Å². The number of nitrogens with one attached hydrogen (secondary N) is 1. The first-order valence-electron chi connectivity index (χ1n) is 10.1. The summed E-state index contributed by atoms with van der Waals surface area (Å²) in [6, 6.07) is 2.56. The highest BCUT2D eigenvalue weighted by atomic mass is 19.4. The van der Waals surface area contributed by atoms with Gasteiger partial charge in [0.05, 0.1) is 17.7 Å². The van der Waals surface area contributed by atoms with Crippen LogP contribution < -0.4 is 5.32 Å². The molecular weight excluding hydrogens is 420 g/mol. The van der Waals surface area contributed by atoms with Crippen molar-refractivity contribution in [2.24, 2.45) is 5.41 Å². The van der Waals surface area contributed by atoms with Crippen LogP contribution in [-0.4, -0.2) is 84.7 Å². The van der Waals surface area contributed by atoms with Gasteiger partial charge in [0, 0.05) is 56.8 Å². The summed E-state index contributed by atoms with van der Waals surface area (Å²) in [5.41, 5.74) is -1.25. The first kappa shape index (κ1) is 20.5. The average molecular weight is 442 g/mol. The second-order valence-corrected chi connectivity index (χ2v) is 9.27. The van der Waals surface area contributed by atoms with E-state index in [9.17, 15) is 27.2 Å². The number of morpholine rings is 1. The summed E-state index contributed by atoms with van der Waals surface area (Å²) >= 11 is 0. The van der Waals surface area contributed by atoms with Crippen molar-refractivity contribution in [2.75, 3.05) is 52.5 Å². The third-order valence-corrected chi connectivity index (χ3v) is 6.49. The SMILES string of the molecule is O=C1COCC2(CN(C(=O)N3CC4(CN(Cc5ccc(C(F)(F)F)cc5F)C4)C3)C2)N1. The van der Waals surface area contributed by atoms with Crippen LogP contribution in [0.25, 0.3) is 0 Å². The number of carbonyl (C=O) groups excluding carboxylic acids is 2. The molecule has 0 bridgehead atoms. The van der Waals surface area contributed by atoms with Gasteiger partial charge in [-0.15, -0.1) is 0 Å². The maximum atomic E-state index is 14.0. The van der Waals surface area contributed by atoms with Gasteiger partial charge in [0.2, 0.25) is 5.91 Å². The number of hydrogen-bond donors (Lipinski definition) is 1. The number of nitrogens with zero attached hydrogens (tertiary/aromatic N) is 3. The molecule has 31 heavy (non-hydrogen) atoms. The van der Waals surface area contributed by atoms with Crippen molar-refractivity contribution in [3.63, 3.8) is 0 Å². The maximum absolute atomic E-state index is 14.0. The van der Waals surface area contributed by atoms with Gasteiger partial charge in [-0.2, -0.15) is 13.2 Å². The Balaban J connectivity index is 1.08. The normalized spacial score (nSPS) is 24.5. The Labute approximate surface area is 175 Å². The highest BCUT2D eigenvalue weighted by molar-refractivity contribution is 5.81. The molecule has 1 aromatic carbocycles. The lowest BCUT2D eigenvalue weighted by Crippen LogP contribution is -2.79. The van der Waals surface area contributed by atoms with Crippen LogP contribution in [0.1, 0.15) is 11.1 Å². The van der Waals surface area contributed by atoms with E-state index in [4.69, 9.17) is 4.74 Å². The molecule has 7 nitrogen and oxygen atoms in total. The fourth-order valence-corrected chi connectivity index (χ4v) is 5.10. The van der Waals surface area contributed by atoms with Crippen LogP contribution in [0.4, 0.5) is 22.4 Å². The van der Waals surface area contributed by atoms with Crippen LogP contribution >= 0.6 is 0 Å². The molecule has 0 aromatic heterocycles. The monoisotopic (exact) mass is 442 g/mol. The quantitative estimate of drug-likeness (QED) is 0.702. The number of rotatable bonds is 2. The molecule has 4 heterocycles. The second kappa shape index (κ2) is 6.80. The molecule has 4 saturated heterocycles. The zero-order chi connectivity index (χ0) is 22.0. The van der Waals surface area contributed by atoms with Gasteiger partial charge in [0.1, 0.15) is 12.4 Å². The topological polar surface area (TPSA) is 65.1 Å². The highest BCUT2D eigenvalue weighted by Gasteiger charge is 2.56. The van der Waals surface area contributed by atoms with E-state index in [1.807, 2.05) is 4.90 Å². The van der Waals surface area contributed by atoms with Crippen molar-refractivity contribution in [1.82, 2.24) is 20.0 Å².